The van der Waals surface area contributed by atoms with E-state index in [4.69, 9.17) is 5.11 Å². The number of aliphatic carboxylic acids is 1. The number of hydrogen-bond donors (Lipinski definition) is 2. The number of carboxylic acids is 1. The molecule has 0 aliphatic heterocycles. The molecule has 2 amide bonds. The normalized spacial score (nSPS) is 23.5. The van der Waals surface area contributed by atoms with Crippen LogP contribution in [0.25, 0.3) is 0 Å². The van der Waals surface area contributed by atoms with E-state index in [1.165, 1.54) is 28.0 Å². The van der Waals surface area contributed by atoms with E-state index in [2.05, 4.69) is 37.4 Å². The molecule has 5 heteroatoms. The molecule has 1 aromatic carbocycles. The molecule has 130 valence electrons. The van der Waals surface area contributed by atoms with Crippen molar-refractivity contribution in [3.8, 4) is 0 Å². The first kappa shape index (κ1) is 16.8. The van der Waals surface area contributed by atoms with Gasteiger partial charge in [0.25, 0.3) is 0 Å². The lowest BCUT2D eigenvalue weighted by Gasteiger charge is -2.35. The van der Waals surface area contributed by atoms with Gasteiger partial charge in [-0.2, -0.15) is 0 Å². The quantitative estimate of drug-likeness (QED) is 0.889. The summed E-state index contributed by atoms with van der Waals surface area (Å²) in [4.78, 5) is 24.5. The highest BCUT2D eigenvalue weighted by molar-refractivity contribution is 5.76. The number of carboxylic acid groups (broad SMARTS) is 1. The predicted molar refractivity (Wildman–Crippen MR) is 92.2 cm³/mol. The second-order valence-electron chi connectivity index (χ2n) is 7.73. The number of benzene rings is 1. The molecule has 1 aromatic rings. The number of nitrogens with zero attached hydrogens (tertiary/aromatic N) is 1. The molecule has 0 aromatic heterocycles. The Kier molecular flexibility index (Phi) is 4.28. The zero-order chi connectivity index (χ0) is 17.5. The van der Waals surface area contributed by atoms with Crippen LogP contribution in [0.3, 0.4) is 0 Å². The van der Waals surface area contributed by atoms with Crippen LogP contribution in [0.5, 0.6) is 0 Å². The Hall–Kier alpha value is -2.04. The summed E-state index contributed by atoms with van der Waals surface area (Å²) >= 11 is 0. The van der Waals surface area contributed by atoms with Gasteiger partial charge in [-0.15, -0.1) is 0 Å². The van der Waals surface area contributed by atoms with Gasteiger partial charge in [0, 0.05) is 13.6 Å². The second-order valence-corrected chi connectivity index (χ2v) is 7.73. The van der Waals surface area contributed by atoms with Crippen molar-refractivity contribution in [1.82, 2.24) is 10.2 Å². The summed E-state index contributed by atoms with van der Waals surface area (Å²) in [6, 6.07) is 6.28. The summed E-state index contributed by atoms with van der Waals surface area (Å²) in [6.07, 6.45) is 3.25. The van der Waals surface area contributed by atoms with Crippen LogP contribution in [0.4, 0.5) is 4.79 Å². The van der Waals surface area contributed by atoms with Gasteiger partial charge in [0.05, 0.1) is 12.5 Å². The number of rotatable bonds is 4. The minimum Gasteiger partial charge on any atom is -0.481 e. The van der Waals surface area contributed by atoms with E-state index in [1.807, 2.05) is 0 Å². The van der Waals surface area contributed by atoms with Gasteiger partial charge in [-0.1, -0.05) is 32.0 Å². The monoisotopic (exact) mass is 330 g/mol. The van der Waals surface area contributed by atoms with Crippen LogP contribution in [0, 0.1) is 0 Å². The van der Waals surface area contributed by atoms with E-state index in [-0.39, 0.29) is 30.5 Å². The van der Waals surface area contributed by atoms with Crippen LogP contribution in [0.15, 0.2) is 18.2 Å². The summed E-state index contributed by atoms with van der Waals surface area (Å²) in [7, 11) is 1.64. The minimum atomic E-state index is -0.890. The van der Waals surface area contributed by atoms with Crippen molar-refractivity contribution in [3.63, 3.8) is 0 Å². The van der Waals surface area contributed by atoms with Crippen molar-refractivity contribution >= 4 is 12.0 Å². The number of carbonyl (C=O) groups is 2. The van der Waals surface area contributed by atoms with Crippen molar-refractivity contribution in [2.75, 3.05) is 13.6 Å². The second kappa shape index (κ2) is 6.11. The predicted octanol–water partition coefficient (Wildman–Crippen LogP) is 3.40. The molecule has 2 atom stereocenters. The lowest BCUT2D eigenvalue weighted by Crippen LogP contribution is -2.39. The van der Waals surface area contributed by atoms with Crippen LogP contribution in [-0.4, -0.2) is 35.6 Å². The molecule has 0 saturated heterocycles. The van der Waals surface area contributed by atoms with Gasteiger partial charge in [0.15, 0.2) is 0 Å². The zero-order valence-corrected chi connectivity index (χ0v) is 14.6. The summed E-state index contributed by atoms with van der Waals surface area (Å²) in [5, 5.41) is 11.9. The molecule has 24 heavy (non-hydrogen) atoms. The van der Waals surface area contributed by atoms with E-state index in [0.717, 1.165) is 12.8 Å². The Balaban J connectivity index is 1.76. The van der Waals surface area contributed by atoms with E-state index in [1.54, 1.807) is 7.05 Å². The van der Waals surface area contributed by atoms with Crippen molar-refractivity contribution in [2.24, 2.45) is 0 Å². The van der Waals surface area contributed by atoms with Crippen molar-refractivity contribution < 1.29 is 14.7 Å². The van der Waals surface area contributed by atoms with Crippen LogP contribution in [-0.2, 0) is 10.2 Å². The van der Waals surface area contributed by atoms with Crippen molar-refractivity contribution in [1.29, 1.82) is 0 Å². The fraction of sp³-hybridized carbons (Fsp3) is 0.579. The largest absolute Gasteiger partial charge is 0.481 e. The molecular formula is C19H26N2O3. The Morgan fingerprint density at radius 3 is 2.83 bits per heavy atom. The molecule has 0 saturated carbocycles. The number of carbonyl (C=O) groups excluding carboxylic acids is 1. The van der Waals surface area contributed by atoms with Crippen molar-refractivity contribution in [2.45, 2.75) is 56.9 Å². The number of nitrogens with one attached hydrogen (secondary N) is 1. The minimum absolute atomic E-state index is 0.0265. The van der Waals surface area contributed by atoms with Gasteiger partial charge in [0.1, 0.15) is 0 Å². The molecule has 0 heterocycles. The maximum absolute atomic E-state index is 12.4. The molecule has 2 N–H and O–H groups in total. The maximum atomic E-state index is 12.4. The van der Waals surface area contributed by atoms with E-state index in [9.17, 15) is 9.59 Å². The Morgan fingerprint density at radius 2 is 2.12 bits per heavy atom. The fourth-order valence-corrected chi connectivity index (χ4v) is 4.15. The highest BCUT2D eigenvalue weighted by atomic mass is 16.4. The van der Waals surface area contributed by atoms with E-state index in [0.29, 0.717) is 5.92 Å². The topological polar surface area (TPSA) is 69.6 Å². The van der Waals surface area contributed by atoms with Crippen LogP contribution in [0.1, 0.15) is 68.2 Å². The van der Waals surface area contributed by atoms with Gasteiger partial charge < -0.3 is 15.3 Å². The fourth-order valence-electron chi connectivity index (χ4n) is 4.15. The molecule has 2 aliphatic carbocycles. The third kappa shape index (κ3) is 2.99. The SMILES string of the molecule is CN(CCC(=O)O)C(=O)NC1CC2CCC(C)(C)c3cccc1c32. The molecule has 0 radical (unpaired) electrons. The first-order chi connectivity index (χ1) is 11.3. The van der Waals surface area contributed by atoms with E-state index < -0.39 is 5.97 Å². The molecule has 0 fully saturated rings. The van der Waals surface area contributed by atoms with Crippen LogP contribution < -0.4 is 5.32 Å². The van der Waals surface area contributed by atoms with Crippen molar-refractivity contribution in [3.05, 3.63) is 34.9 Å². The Morgan fingerprint density at radius 1 is 1.38 bits per heavy atom. The van der Waals surface area contributed by atoms with Crippen LogP contribution >= 0.6 is 0 Å². The average molecular weight is 330 g/mol. The maximum Gasteiger partial charge on any atom is 0.317 e. The first-order valence-corrected chi connectivity index (χ1v) is 8.66. The average Bonchev–Trinajstić information content (AvgIpc) is 2.88. The van der Waals surface area contributed by atoms with Gasteiger partial charge in [-0.05, 0) is 47.3 Å². The summed E-state index contributed by atoms with van der Waals surface area (Å²) < 4.78 is 0. The highest BCUT2D eigenvalue weighted by Crippen LogP contribution is 2.52. The molecule has 0 bridgehead atoms. The summed E-state index contributed by atoms with van der Waals surface area (Å²) in [6.45, 7) is 4.81. The third-order valence-corrected chi connectivity index (χ3v) is 5.60. The van der Waals surface area contributed by atoms with Gasteiger partial charge >= 0.3 is 12.0 Å². The smallest absolute Gasteiger partial charge is 0.317 e. The molecule has 2 unspecified atom stereocenters. The standard InChI is InChI=1S/C19H26N2O3/c1-19(2)9-7-12-11-15(13-5-4-6-14(19)17(12)13)20-18(24)21(3)10-8-16(22)23/h4-6,12,15H,7-11H2,1-3H3,(H,20,24)(H,22,23). The first-order valence-electron chi connectivity index (χ1n) is 8.66. The van der Waals surface area contributed by atoms with E-state index >= 15 is 0 Å². The summed E-state index contributed by atoms with van der Waals surface area (Å²) in [5.41, 5.74) is 4.30. The number of hydrogen-bond acceptors (Lipinski definition) is 2. The van der Waals surface area contributed by atoms with Gasteiger partial charge in [-0.25, -0.2) is 4.79 Å². The molecule has 0 spiro atoms. The lowest BCUT2D eigenvalue weighted by atomic mass is 9.69. The molecule has 5 nitrogen and oxygen atoms in total. The number of urea groups is 1. The van der Waals surface area contributed by atoms with Gasteiger partial charge in [0.2, 0.25) is 0 Å². The van der Waals surface area contributed by atoms with Gasteiger partial charge in [-0.3, -0.25) is 4.79 Å². The third-order valence-electron chi connectivity index (χ3n) is 5.60. The molecular weight excluding hydrogens is 304 g/mol. The molecule has 2 aliphatic rings. The Bertz CT molecular complexity index is 669. The zero-order valence-electron chi connectivity index (χ0n) is 14.6. The summed E-state index contributed by atoms with van der Waals surface area (Å²) in [5.74, 6) is -0.363. The number of amides is 2. The lowest BCUT2D eigenvalue weighted by molar-refractivity contribution is -0.137. The highest BCUT2D eigenvalue weighted by Gasteiger charge is 2.41. The molecule has 3 rings (SSSR count). The van der Waals surface area contributed by atoms with Crippen LogP contribution in [0.2, 0.25) is 0 Å². The Labute approximate surface area is 143 Å².